The summed E-state index contributed by atoms with van der Waals surface area (Å²) in [5.74, 6) is -0.719. The SMILES string of the molecule is Cn1cnc2cc(C3(CC(=O)O)CC3)ccc21. The van der Waals surface area contributed by atoms with Gasteiger partial charge in [0, 0.05) is 12.5 Å². The molecule has 0 bridgehead atoms. The first-order valence-corrected chi connectivity index (χ1v) is 5.74. The Balaban J connectivity index is 2.03. The van der Waals surface area contributed by atoms with Gasteiger partial charge in [-0.15, -0.1) is 0 Å². The third-order valence-electron chi connectivity index (χ3n) is 3.68. The van der Waals surface area contributed by atoms with Crippen LogP contribution in [-0.4, -0.2) is 20.6 Å². The third-order valence-corrected chi connectivity index (χ3v) is 3.68. The molecule has 1 aromatic heterocycles. The van der Waals surface area contributed by atoms with Crippen molar-refractivity contribution in [1.29, 1.82) is 0 Å². The highest BCUT2D eigenvalue weighted by Gasteiger charge is 2.46. The molecule has 0 radical (unpaired) electrons. The first-order chi connectivity index (χ1) is 8.11. The van der Waals surface area contributed by atoms with E-state index in [1.807, 2.05) is 29.8 Å². The molecule has 1 aromatic carbocycles. The lowest BCUT2D eigenvalue weighted by atomic mass is 9.92. The van der Waals surface area contributed by atoms with Gasteiger partial charge in [0.15, 0.2) is 0 Å². The highest BCUT2D eigenvalue weighted by atomic mass is 16.4. The molecule has 1 fully saturated rings. The molecule has 0 spiro atoms. The van der Waals surface area contributed by atoms with E-state index in [0.29, 0.717) is 0 Å². The maximum atomic E-state index is 10.9. The molecule has 2 aromatic rings. The second-order valence-electron chi connectivity index (χ2n) is 4.91. The van der Waals surface area contributed by atoms with Crippen LogP contribution in [0, 0.1) is 0 Å². The molecule has 0 saturated heterocycles. The number of carboxylic acid groups (broad SMARTS) is 1. The Morgan fingerprint density at radius 3 is 2.94 bits per heavy atom. The molecule has 0 amide bonds. The van der Waals surface area contributed by atoms with Crippen molar-refractivity contribution in [1.82, 2.24) is 9.55 Å². The Morgan fingerprint density at radius 1 is 1.53 bits per heavy atom. The van der Waals surface area contributed by atoms with Gasteiger partial charge in [-0.05, 0) is 30.5 Å². The molecule has 1 N–H and O–H groups in total. The predicted octanol–water partition coefficient (Wildman–Crippen LogP) is 2.08. The number of carbonyl (C=O) groups is 1. The van der Waals surface area contributed by atoms with E-state index in [1.54, 1.807) is 6.33 Å². The van der Waals surface area contributed by atoms with Crippen LogP contribution in [0.3, 0.4) is 0 Å². The summed E-state index contributed by atoms with van der Waals surface area (Å²) in [5, 5.41) is 8.95. The van der Waals surface area contributed by atoms with Crippen LogP contribution in [-0.2, 0) is 17.3 Å². The Labute approximate surface area is 98.9 Å². The minimum atomic E-state index is -0.719. The molecular weight excluding hydrogens is 216 g/mol. The van der Waals surface area contributed by atoms with Gasteiger partial charge < -0.3 is 9.67 Å². The zero-order valence-electron chi connectivity index (χ0n) is 9.68. The summed E-state index contributed by atoms with van der Waals surface area (Å²) in [4.78, 5) is 15.2. The number of nitrogens with zero attached hydrogens (tertiary/aromatic N) is 2. The lowest BCUT2D eigenvalue weighted by Crippen LogP contribution is -2.12. The van der Waals surface area contributed by atoms with Crippen molar-refractivity contribution in [2.24, 2.45) is 7.05 Å². The van der Waals surface area contributed by atoms with E-state index in [4.69, 9.17) is 5.11 Å². The van der Waals surface area contributed by atoms with E-state index in [0.717, 1.165) is 29.4 Å². The van der Waals surface area contributed by atoms with E-state index < -0.39 is 5.97 Å². The van der Waals surface area contributed by atoms with Crippen LogP contribution in [0.15, 0.2) is 24.5 Å². The van der Waals surface area contributed by atoms with E-state index in [1.165, 1.54) is 0 Å². The first kappa shape index (κ1) is 10.3. The summed E-state index contributed by atoms with van der Waals surface area (Å²) in [5.41, 5.74) is 3.02. The minimum absolute atomic E-state index is 0.127. The molecule has 88 valence electrons. The molecule has 4 nitrogen and oxygen atoms in total. The van der Waals surface area contributed by atoms with Gasteiger partial charge in [-0.1, -0.05) is 6.07 Å². The number of aliphatic carboxylic acids is 1. The van der Waals surface area contributed by atoms with Gasteiger partial charge in [-0.2, -0.15) is 0 Å². The fourth-order valence-electron chi connectivity index (χ4n) is 2.47. The number of aryl methyl sites for hydroxylation is 1. The van der Waals surface area contributed by atoms with Gasteiger partial charge in [0.1, 0.15) is 0 Å². The summed E-state index contributed by atoms with van der Waals surface area (Å²) in [6, 6.07) is 6.10. The Bertz CT molecular complexity index is 596. The summed E-state index contributed by atoms with van der Waals surface area (Å²) >= 11 is 0. The van der Waals surface area contributed by atoms with Crippen LogP contribution < -0.4 is 0 Å². The maximum Gasteiger partial charge on any atom is 0.304 e. The second-order valence-corrected chi connectivity index (χ2v) is 4.91. The smallest absolute Gasteiger partial charge is 0.304 e. The van der Waals surface area contributed by atoms with Gasteiger partial charge in [0.05, 0.1) is 23.8 Å². The van der Waals surface area contributed by atoms with Gasteiger partial charge in [-0.3, -0.25) is 4.79 Å². The van der Waals surface area contributed by atoms with Gasteiger partial charge in [0.25, 0.3) is 0 Å². The van der Waals surface area contributed by atoms with Crippen LogP contribution >= 0.6 is 0 Å². The zero-order chi connectivity index (χ0) is 12.0. The van der Waals surface area contributed by atoms with E-state index in [9.17, 15) is 4.79 Å². The van der Waals surface area contributed by atoms with Crippen molar-refractivity contribution in [2.45, 2.75) is 24.7 Å². The first-order valence-electron chi connectivity index (χ1n) is 5.74. The normalized spacial score (nSPS) is 17.2. The van der Waals surface area contributed by atoms with Crippen molar-refractivity contribution in [3.63, 3.8) is 0 Å². The number of hydrogen-bond acceptors (Lipinski definition) is 2. The molecule has 0 unspecified atom stereocenters. The molecule has 4 heteroatoms. The number of aromatic nitrogens is 2. The van der Waals surface area contributed by atoms with Crippen LogP contribution in [0.1, 0.15) is 24.8 Å². The molecule has 0 aliphatic heterocycles. The standard InChI is InChI=1S/C13H14N2O2/c1-15-8-14-10-6-9(2-3-11(10)15)13(4-5-13)7-12(16)17/h2-3,6,8H,4-5,7H2,1H3,(H,16,17). The van der Waals surface area contributed by atoms with Crippen molar-refractivity contribution < 1.29 is 9.90 Å². The number of benzene rings is 1. The summed E-state index contributed by atoms with van der Waals surface area (Å²) < 4.78 is 1.97. The summed E-state index contributed by atoms with van der Waals surface area (Å²) in [7, 11) is 1.96. The van der Waals surface area contributed by atoms with E-state index in [2.05, 4.69) is 4.98 Å². The summed E-state index contributed by atoms with van der Waals surface area (Å²) in [6.07, 6.45) is 3.95. The molecule has 3 rings (SSSR count). The van der Waals surface area contributed by atoms with Crippen LogP contribution in [0.2, 0.25) is 0 Å². The topological polar surface area (TPSA) is 55.1 Å². The average molecular weight is 230 g/mol. The second kappa shape index (κ2) is 3.32. The van der Waals surface area contributed by atoms with Crippen LogP contribution in [0.5, 0.6) is 0 Å². The van der Waals surface area contributed by atoms with E-state index >= 15 is 0 Å². The van der Waals surface area contributed by atoms with Crippen LogP contribution in [0.25, 0.3) is 11.0 Å². The molecule has 1 saturated carbocycles. The van der Waals surface area contributed by atoms with Crippen molar-refractivity contribution in [2.75, 3.05) is 0 Å². The fraction of sp³-hybridized carbons (Fsp3) is 0.385. The Morgan fingerprint density at radius 2 is 2.29 bits per heavy atom. The molecule has 1 aliphatic rings. The molecule has 1 heterocycles. The number of rotatable bonds is 3. The minimum Gasteiger partial charge on any atom is -0.481 e. The van der Waals surface area contributed by atoms with E-state index in [-0.39, 0.29) is 11.8 Å². The monoisotopic (exact) mass is 230 g/mol. The summed E-state index contributed by atoms with van der Waals surface area (Å²) in [6.45, 7) is 0. The number of imidazole rings is 1. The highest BCUT2D eigenvalue weighted by Crippen LogP contribution is 2.51. The molecule has 1 aliphatic carbocycles. The number of carboxylic acids is 1. The van der Waals surface area contributed by atoms with Crippen molar-refractivity contribution in [3.05, 3.63) is 30.1 Å². The lowest BCUT2D eigenvalue weighted by Gasteiger charge is -2.12. The lowest BCUT2D eigenvalue weighted by molar-refractivity contribution is -0.137. The maximum absolute atomic E-state index is 10.9. The third kappa shape index (κ3) is 1.60. The number of hydrogen-bond donors (Lipinski definition) is 1. The van der Waals surface area contributed by atoms with Crippen LogP contribution in [0.4, 0.5) is 0 Å². The molecular formula is C13H14N2O2. The van der Waals surface area contributed by atoms with Gasteiger partial charge >= 0.3 is 5.97 Å². The largest absolute Gasteiger partial charge is 0.481 e. The molecule has 17 heavy (non-hydrogen) atoms. The molecule has 0 atom stereocenters. The number of fused-ring (bicyclic) bond motifs is 1. The van der Waals surface area contributed by atoms with Crippen molar-refractivity contribution >= 4 is 17.0 Å². The van der Waals surface area contributed by atoms with Gasteiger partial charge in [-0.25, -0.2) is 4.98 Å². The zero-order valence-corrected chi connectivity index (χ0v) is 9.68. The van der Waals surface area contributed by atoms with Crippen molar-refractivity contribution in [3.8, 4) is 0 Å². The average Bonchev–Trinajstić information content (AvgIpc) is 2.96. The van der Waals surface area contributed by atoms with Gasteiger partial charge in [0.2, 0.25) is 0 Å². The fourth-order valence-corrected chi connectivity index (χ4v) is 2.47. The Hall–Kier alpha value is -1.84. The highest BCUT2D eigenvalue weighted by molar-refractivity contribution is 5.77. The predicted molar refractivity (Wildman–Crippen MR) is 63.9 cm³/mol. The Kier molecular flexibility index (Phi) is 2.02. The quantitative estimate of drug-likeness (QED) is 0.878.